The van der Waals surface area contributed by atoms with Gasteiger partial charge in [-0.05, 0) is 39.0 Å². The van der Waals surface area contributed by atoms with Crippen LogP contribution in [0.4, 0.5) is 0 Å². The topological polar surface area (TPSA) is 50.4 Å². The fourth-order valence-electron chi connectivity index (χ4n) is 2.14. The van der Waals surface area contributed by atoms with Crippen molar-refractivity contribution in [1.29, 1.82) is 0 Å². The molecule has 1 unspecified atom stereocenters. The summed E-state index contributed by atoms with van der Waals surface area (Å²) in [6.07, 6.45) is 3.48. The van der Waals surface area contributed by atoms with E-state index in [0.29, 0.717) is 18.1 Å². The van der Waals surface area contributed by atoms with Crippen molar-refractivity contribution in [1.82, 2.24) is 10.6 Å². The van der Waals surface area contributed by atoms with E-state index in [1.807, 2.05) is 13.8 Å². The number of ether oxygens (including phenoxy) is 1. The summed E-state index contributed by atoms with van der Waals surface area (Å²) in [4.78, 5) is 11.8. The zero-order valence-corrected chi connectivity index (χ0v) is 12.2. The van der Waals surface area contributed by atoms with Crippen molar-refractivity contribution in [3.8, 4) is 0 Å². The molecule has 2 N–H and O–H groups in total. The lowest BCUT2D eigenvalue weighted by Crippen LogP contribution is -2.53. The van der Waals surface area contributed by atoms with Gasteiger partial charge < -0.3 is 15.4 Å². The zero-order valence-electron chi connectivity index (χ0n) is 12.2. The molecule has 4 nitrogen and oxygen atoms in total. The quantitative estimate of drug-likeness (QED) is 0.695. The third-order valence-electron chi connectivity index (χ3n) is 3.40. The molecule has 1 atom stereocenters. The van der Waals surface area contributed by atoms with Gasteiger partial charge in [-0.15, -0.1) is 0 Å². The number of carbonyl (C=O) groups is 1. The van der Waals surface area contributed by atoms with Crippen LogP contribution in [0.1, 0.15) is 47.0 Å². The first-order chi connectivity index (χ1) is 8.52. The van der Waals surface area contributed by atoms with E-state index in [4.69, 9.17) is 4.74 Å². The second-order valence-electron chi connectivity index (χ2n) is 5.61. The second-order valence-corrected chi connectivity index (χ2v) is 5.61. The Bertz CT molecular complexity index is 250. The van der Waals surface area contributed by atoms with E-state index in [1.54, 1.807) is 0 Å². The second kappa shape index (κ2) is 7.74. The van der Waals surface area contributed by atoms with E-state index >= 15 is 0 Å². The van der Waals surface area contributed by atoms with Crippen LogP contribution in [0, 0.1) is 5.92 Å². The Morgan fingerprint density at radius 3 is 2.56 bits per heavy atom. The lowest BCUT2D eigenvalue weighted by Gasteiger charge is -2.37. The predicted molar refractivity (Wildman–Crippen MR) is 73.5 cm³/mol. The number of carbonyl (C=O) groups excluding carboxylic acids is 1. The Labute approximate surface area is 111 Å². The molecule has 1 rings (SSSR count). The van der Waals surface area contributed by atoms with Crippen molar-refractivity contribution in [2.24, 2.45) is 5.92 Å². The minimum absolute atomic E-state index is 0.107. The molecule has 0 radical (unpaired) electrons. The van der Waals surface area contributed by atoms with E-state index < -0.39 is 0 Å². The van der Waals surface area contributed by atoms with Crippen molar-refractivity contribution < 1.29 is 9.53 Å². The first kappa shape index (κ1) is 15.4. The van der Waals surface area contributed by atoms with Crippen LogP contribution in [0.2, 0.25) is 0 Å². The van der Waals surface area contributed by atoms with Gasteiger partial charge in [-0.3, -0.25) is 4.79 Å². The van der Waals surface area contributed by atoms with Gasteiger partial charge in [0.05, 0.1) is 12.1 Å². The van der Waals surface area contributed by atoms with Crippen molar-refractivity contribution in [3.63, 3.8) is 0 Å². The van der Waals surface area contributed by atoms with Gasteiger partial charge in [-0.1, -0.05) is 13.8 Å². The summed E-state index contributed by atoms with van der Waals surface area (Å²) in [7, 11) is 0. The molecule has 0 heterocycles. The van der Waals surface area contributed by atoms with Crippen LogP contribution in [0.25, 0.3) is 0 Å². The lowest BCUT2D eigenvalue weighted by molar-refractivity contribution is -0.123. The average molecular weight is 256 g/mol. The van der Waals surface area contributed by atoms with Gasteiger partial charge in [0.2, 0.25) is 5.91 Å². The Kier molecular flexibility index (Phi) is 6.65. The molecule has 0 saturated heterocycles. The molecule has 4 heteroatoms. The Hall–Kier alpha value is -0.610. The lowest BCUT2D eigenvalue weighted by atomic mass is 9.88. The number of rotatable bonds is 8. The predicted octanol–water partition coefficient (Wildman–Crippen LogP) is 1.69. The summed E-state index contributed by atoms with van der Waals surface area (Å²) in [5, 5.41) is 6.32. The average Bonchev–Trinajstić information content (AvgIpc) is 2.25. The molecule has 1 amide bonds. The van der Waals surface area contributed by atoms with Crippen LogP contribution < -0.4 is 10.6 Å². The molecule has 1 aliphatic carbocycles. The summed E-state index contributed by atoms with van der Waals surface area (Å²) in [5.41, 5.74) is 0. The van der Waals surface area contributed by atoms with Crippen LogP contribution in [-0.4, -0.2) is 37.2 Å². The van der Waals surface area contributed by atoms with Gasteiger partial charge in [-0.2, -0.15) is 0 Å². The smallest absolute Gasteiger partial charge is 0.236 e. The highest BCUT2D eigenvalue weighted by atomic mass is 16.5. The molecule has 1 aliphatic rings. The summed E-state index contributed by atoms with van der Waals surface area (Å²) in [6.45, 7) is 9.83. The van der Waals surface area contributed by atoms with Crippen LogP contribution in [0.15, 0.2) is 0 Å². The summed E-state index contributed by atoms with van der Waals surface area (Å²) < 4.78 is 5.50. The molecule has 0 aromatic heterocycles. The van der Waals surface area contributed by atoms with Gasteiger partial charge in [0.1, 0.15) is 0 Å². The molecule has 106 valence electrons. The first-order valence-corrected chi connectivity index (χ1v) is 7.18. The summed E-state index contributed by atoms with van der Waals surface area (Å²) in [5.74, 6) is 0.739. The largest absolute Gasteiger partial charge is 0.378 e. The first-order valence-electron chi connectivity index (χ1n) is 7.18. The van der Waals surface area contributed by atoms with E-state index in [0.717, 1.165) is 32.4 Å². The van der Waals surface area contributed by atoms with Gasteiger partial charge in [0.15, 0.2) is 0 Å². The molecule has 18 heavy (non-hydrogen) atoms. The molecule has 0 bridgehead atoms. The molecule has 0 aromatic carbocycles. The van der Waals surface area contributed by atoms with Crippen molar-refractivity contribution in [2.45, 2.75) is 65.1 Å². The fourth-order valence-corrected chi connectivity index (χ4v) is 2.14. The Morgan fingerprint density at radius 1 is 1.33 bits per heavy atom. The highest BCUT2D eigenvalue weighted by Gasteiger charge is 2.31. The van der Waals surface area contributed by atoms with Gasteiger partial charge >= 0.3 is 0 Å². The number of amides is 1. The molecule has 1 fully saturated rings. The normalized spacial score (nSPS) is 24.7. The minimum Gasteiger partial charge on any atom is -0.378 e. The minimum atomic E-state index is -0.107. The molecule has 0 aromatic rings. The maximum atomic E-state index is 11.8. The van der Waals surface area contributed by atoms with E-state index in [-0.39, 0.29) is 11.9 Å². The van der Waals surface area contributed by atoms with Crippen molar-refractivity contribution in [3.05, 3.63) is 0 Å². The maximum absolute atomic E-state index is 11.8. The van der Waals surface area contributed by atoms with Crippen LogP contribution in [0.3, 0.4) is 0 Å². The molecular weight excluding hydrogens is 228 g/mol. The molecular formula is C14H28N2O2. The van der Waals surface area contributed by atoms with Crippen LogP contribution in [0.5, 0.6) is 0 Å². The van der Waals surface area contributed by atoms with Crippen LogP contribution in [-0.2, 0) is 9.53 Å². The summed E-state index contributed by atoms with van der Waals surface area (Å²) in [6, 6.07) is 0.331. The molecule has 0 spiro atoms. The standard InChI is InChI=1S/C14H28N2O2/c1-5-18-13-8-12(9-13)16-11(4)14(17)15-7-6-10(2)3/h10-13,16H,5-9H2,1-4H3,(H,15,17). The zero-order chi connectivity index (χ0) is 13.5. The van der Waals surface area contributed by atoms with E-state index in [1.165, 1.54) is 0 Å². The van der Waals surface area contributed by atoms with Gasteiger partial charge in [0.25, 0.3) is 0 Å². The third-order valence-corrected chi connectivity index (χ3v) is 3.40. The maximum Gasteiger partial charge on any atom is 0.236 e. The van der Waals surface area contributed by atoms with E-state index in [2.05, 4.69) is 24.5 Å². The van der Waals surface area contributed by atoms with E-state index in [9.17, 15) is 4.79 Å². The number of hydrogen-bond donors (Lipinski definition) is 2. The SMILES string of the molecule is CCOC1CC(NC(C)C(=O)NCCC(C)C)C1. The monoisotopic (exact) mass is 256 g/mol. The third kappa shape index (κ3) is 5.36. The summed E-state index contributed by atoms with van der Waals surface area (Å²) >= 11 is 0. The number of hydrogen-bond acceptors (Lipinski definition) is 3. The van der Waals surface area contributed by atoms with Gasteiger partial charge in [0, 0.05) is 19.2 Å². The fraction of sp³-hybridized carbons (Fsp3) is 0.929. The highest BCUT2D eigenvalue weighted by molar-refractivity contribution is 5.81. The van der Waals surface area contributed by atoms with Crippen LogP contribution >= 0.6 is 0 Å². The Morgan fingerprint density at radius 2 is 2.00 bits per heavy atom. The van der Waals surface area contributed by atoms with Gasteiger partial charge in [-0.25, -0.2) is 0 Å². The molecule has 1 saturated carbocycles. The molecule has 0 aliphatic heterocycles. The highest BCUT2D eigenvalue weighted by Crippen LogP contribution is 2.23. The van der Waals surface area contributed by atoms with Crippen molar-refractivity contribution >= 4 is 5.91 Å². The number of nitrogens with one attached hydrogen (secondary N) is 2. The Balaban J connectivity index is 2.09. The van der Waals surface area contributed by atoms with Crippen molar-refractivity contribution in [2.75, 3.05) is 13.2 Å².